The molecule has 16 heavy (non-hydrogen) atoms. The number of nitrogens with one attached hydrogen (secondary N) is 2. The lowest BCUT2D eigenvalue weighted by Crippen LogP contribution is -2.31. The fraction of sp³-hybridized carbons (Fsp3) is 0.917. The minimum absolute atomic E-state index is 0.0783. The van der Waals surface area contributed by atoms with Crippen LogP contribution in [0, 0.1) is 0 Å². The van der Waals surface area contributed by atoms with Gasteiger partial charge in [-0.2, -0.15) is 0 Å². The Morgan fingerprint density at radius 1 is 1.31 bits per heavy atom. The Balaban J connectivity index is 1.85. The number of rotatable bonds is 7. The topological polar surface area (TPSA) is 50.4 Å². The number of hydrogen-bond acceptors (Lipinski definition) is 3. The molecule has 1 fully saturated rings. The molecule has 1 saturated carbocycles. The highest BCUT2D eigenvalue weighted by Crippen LogP contribution is 2.18. The molecule has 4 nitrogen and oxygen atoms in total. The normalized spacial score (nSPS) is 16.2. The largest absolute Gasteiger partial charge is 0.375 e. The van der Waals surface area contributed by atoms with Crippen molar-refractivity contribution in [2.45, 2.75) is 51.7 Å². The van der Waals surface area contributed by atoms with Crippen LogP contribution >= 0.6 is 0 Å². The van der Waals surface area contributed by atoms with E-state index in [1.807, 2.05) is 20.8 Å². The molecular formula is C12H24N2O2. The maximum absolute atomic E-state index is 11.3. The summed E-state index contributed by atoms with van der Waals surface area (Å²) >= 11 is 0. The predicted molar refractivity (Wildman–Crippen MR) is 64.4 cm³/mol. The highest BCUT2D eigenvalue weighted by Gasteiger charge is 2.22. The Hall–Kier alpha value is -0.610. The van der Waals surface area contributed by atoms with E-state index in [1.54, 1.807) is 0 Å². The molecule has 0 aromatic heterocycles. The van der Waals surface area contributed by atoms with Crippen molar-refractivity contribution < 1.29 is 9.53 Å². The molecule has 94 valence electrons. The molecule has 0 aromatic carbocycles. The van der Waals surface area contributed by atoms with Crippen molar-refractivity contribution in [3.8, 4) is 0 Å². The lowest BCUT2D eigenvalue weighted by molar-refractivity contribution is -0.121. The second-order valence-electron chi connectivity index (χ2n) is 5.30. The zero-order chi connectivity index (χ0) is 12.0. The van der Waals surface area contributed by atoms with Crippen LogP contribution in [0.2, 0.25) is 0 Å². The predicted octanol–water partition coefficient (Wildman–Crippen LogP) is 1.06. The molecule has 0 aromatic rings. The van der Waals surface area contributed by atoms with Gasteiger partial charge >= 0.3 is 0 Å². The molecule has 0 saturated heterocycles. The first-order valence-electron chi connectivity index (χ1n) is 6.11. The molecule has 2 N–H and O–H groups in total. The summed E-state index contributed by atoms with van der Waals surface area (Å²) in [7, 11) is 0. The number of ether oxygens (including phenoxy) is 1. The number of carbonyl (C=O) groups is 1. The van der Waals surface area contributed by atoms with Crippen LogP contribution in [0.15, 0.2) is 0 Å². The van der Waals surface area contributed by atoms with Crippen molar-refractivity contribution in [1.29, 1.82) is 0 Å². The van der Waals surface area contributed by atoms with E-state index in [0.29, 0.717) is 19.1 Å². The van der Waals surface area contributed by atoms with Gasteiger partial charge in [0.15, 0.2) is 0 Å². The summed E-state index contributed by atoms with van der Waals surface area (Å²) in [6, 6.07) is 0.469. The Bertz CT molecular complexity index is 220. The van der Waals surface area contributed by atoms with Gasteiger partial charge in [-0.25, -0.2) is 0 Å². The average molecular weight is 228 g/mol. The van der Waals surface area contributed by atoms with E-state index in [1.165, 1.54) is 0 Å². The van der Waals surface area contributed by atoms with Gasteiger partial charge in [0.2, 0.25) is 5.91 Å². The van der Waals surface area contributed by atoms with Crippen molar-refractivity contribution in [2.75, 3.05) is 19.7 Å². The molecule has 0 heterocycles. The molecule has 1 rings (SSSR count). The first-order chi connectivity index (χ1) is 7.47. The van der Waals surface area contributed by atoms with Crippen LogP contribution in [-0.4, -0.2) is 37.2 Å². The first-order valence-corrected chi connectivity index (χ1v) is 6.11. The third-order valence-electron chi connectivity index (χ3n) is 2.29. The maximum Gasteiger partial charge on any atom is 0.221 e. The van der Waals surface area contributed by atoms with Crippen LogP contribution in [0.4, 0.5) is 0 Å². The van der Waals surface area contributed by atoms with Crippen molar-refractivity contribution in [1.82, 2.24) is 10.6 Å². The van der Waals surface area contributed by atoms with E-state index in [4.69, 9.17) is 4.74 Å². The Labute approximate surface area is 98.1 Å². The second kappa shape index (κ2) is 6.21. The minimum Gasteiger partial charge on any atom is -0.375 e. The summed E-state index contributed by atoms with van der Waals surface area (Å²) in [6.45, 7) is 8.33. The van der Waals surface area contributed by atoms with E-state index in [0.717, 1.165) is 25.9 Å². The van der Waals surface area contributed by atoms with Gasteiger partial charge in [-0.1, -0.05) is 0 Å². The molecule has 1 aliphatic rings. The monoisotopic (exact) mass is 228 g/mol. The standard InChI is InChI=1S/C12H24N2O2/c1-12(2,3)16-9-8-13-7-6-11(15)14-10-4-5-10/h10,13H,4-9H2,1-3H3,(H,14,15). The smallest absolute Gasteiger partial charge is 0.221 e. The number of amides is 1. The van der Waals surface area contributed by atoms with Gasteiger partial charge in [0, 0.05) is 25.6 Å². The van der Waals surface area contributed by atoms with Crippen LogP contribution in [0.5, 0.6) is 0 Å². The number of carbonyl (C=O) groups excluding carboxylic acids is 1. The van der Waals surface area contributed by atoms with E-state index in [9.17, 15) is 4.79 Å². The quantitative estimate of drug-likeness (QED) is 0.641. The molecule has 4 heteroatoms. The molecule has 0 spiro atoms. The molecule has 1 aliphatic carbocycles. The van der Waals surface area contributed by atoms with Gasteiger partial charge in [0.05, 0.1) is 12.2 Å². The van der Waals surface area contributed by atoms with E-state index >= 15 is 0 Å². The lowest BCUT2D eigenvalue weighted by Gasteiger charge is -2.19. The van der Waals surface area contributed by atoms with Crippen molar-refractivity contribution in [3.63, 3.8) is 0 Å². The summed E-state index contributed by atoms with van der Waals surface area (Å²) in [6.07, 6.45) is 2.86. The van der Waals surface area contributed by atoms with Gasteiger partial charge in [-0.3, -0.25) is 4.79 Å². The lowest BCUT2D eigenvalue weighted by atomic mass is 10.2. The Morgan fingerprint density at radius 2 is 2.00 bits per heavy atom. The number of hydrogen-bond donors (Lipinski definition) is 2. The highest BCUT2D eigenvalue weighted by atomic mass is 16.5. The minimum atomic E-state index is -0.0783. The van der Waals surface area contributed by atoms with Gasteiger partial charge in [0.1, 0.15) is 0 Å². The van der Waals surface area contributed by atoms with Gasteiger partial charge < -0.3 is 15.4 Å². The second-order valence-corrected chi connectivity index (χ2v) is 5.30. The van der Waals surface area contributed by atoms with Crippen LogP contribution in [0.1, 0.15) is 40.0 Å². The van der Waals surface area contributed by atoms with Crippen LogP contribution in [0.3, 0.4) is 0 Å². The Kier molecular flexibility index (Phi) is 5.22. The summed E-state index contributed by atoms with van der Waals surface area (Å²) in [4.78, 5) is 11.3. The van der Waals surface area contributed by atoms with Gasteiger partial charge in [-0.05, 0) is 33.6 Å². The first kappa shape index (κ1) is 13.5. The summed E-state index contributed by atoms with van der Waals surface area (Å²) in [5.74, 6) is 0.159. The summed E-state index contributed by atoms with van der Waals surface area (Å²) in [5.41, 5.74) is -0.0783. The van der Waals surface area contributed by atoms with E-state index in [-0.39, 0.29) is 11.5 Å². The maximum atomic E-state index is 11.3. The molecule has 0 unspecified atom stereocenters. The third-order valence-corrected chi connectivity index (χ3v) is 2.29. The molecule has 0 aliphatic heterocycles. The third kappa shape index (κ3) is 7.65. The fourth-order valence-electron chi connectivity index (χ4n) is 1.28. The van der Waals surface area contributed by atoms with Crippen LogP contribution < -0.4 is 10.6 Å². The average Bonchev–Trinajstić information content (AvgIpc) is 2.93. The van der Waals surface area contributed by atoms with Crippen LogP contribution in [0.25, 0.3) is 0 Å². The molecule has 0 atom stereocenters. The zero-order valence-corrected chi connectivity index (χ0v) is 10.6. The molecule has 1 amide bonds. The van der Waals surface area contributed by atoms with Gasteiger partial charge in [0.25, 0.3) is 0 Å². The SMILES string of the molecule is CC(C)(C)OCCNCCC(=O)NC1CC1. The summed E-state index contributed by atoms with van der Waals surface area (Å²) in [5, 5.41) is 6.16. The van der Waals surface area contributed by atoms with Crippen molar-refractivity contribution >= 4 is 5.91 Å². The molecular weight excluding hydrogens is 204 g/mol. The highest BCUT2D eigenvalue weighted by molar-refractivity contribution is 5.76. The van der Waals surface area contributed by atoms with Crippen molar-refractivity contribution in [2.24, 2.45) is 0 Å². The summed E-state index contributed by atoms with van der Waals surface area (Å²) < 4.78 is 5.55. The molecule has 0 bridgehead atoms. The van der Waals surface area contributed by atoms with E-state index < -0.39 is 0 Å². The van der Waals surface area contributed by atoms with Gasteiger partial charge in [-0.15, -0.1) is 0 Å². The Morgan fingerprint density at radius 3 is 2.56 bits per heavy atom. The van der Waals surface area contributed by atoms with E-state index in [2.05, 4.69) is 10.6 Å². The van der Waals surface area contributed by atoms with Crippen molar-refractivity contribution in [3.05, 3.63) is 0 Å². The fourth-order valence-corrected chi connectivity index (χ4v) is 1.28. The zero-order valence-electron chi connectivity index (χ0n) is 10.6. The van der Waals surface area contributed by atoms with Crippen LogP contribution in [-0.2, 0) is 9.53 Å². The molecule has 0 radical (unpaired) electrons.